The Bertz CT molecular complexity index is 888. The number of benzene rings is 2. The van der Waals surface area contributed by atoms with Crippen LogP contribution in [0.5, 0.6) is 11.5 Å². The summed E-state index contributed by atoms with van der Waals surface area (Å²) in [7, 11) is 0. The molecule has 1 fully saturated rings. The molecule has 2 aromatic rings. The average molecular weight is 418 g/mol. The Morgan fingerprint density at radius 1 is 0.862 bits per heavy atom. The van der Waals surface area contributed by atoms with E-state index < -0.39 is 16.8 Å². The summed E-state index contributed by atoms with van der Waals surface area (Å²) in [5.41, 5.74) is 0.845. The van der Waals surface area contributed by atoms with Gasteiger partial charge < -0.3 is 9.47 Å². The van der Waals surface area contributed by atoms with E-state index in [4.69, 9.17) is 26.3 Å². The molecule has 3 rings (SSSR count). The summed E-state index contributed by atoms with van der Waals surface area (Å²) in [4.78, 5) is 35.5. The van der Waals surface area contributed by atoms with Crippen molar-refractivity contribution >= 4 is 28.9 Å². The zero-order chi connectivity index (χ0) is 20.9. The number of carbonyl (C=O) groups excluding carboxylic acids is 3. The number of hydroxylamine groups is 1. The fourth-order valence-corrected chi connectivity index (χ4v) is 3.73. The molecule has 0 saturated heterocycles. The number of rotatable bonds is 5. The third kappa shape index (κ3) is 4.75. The van der Waals surface area contributed by atoms with E-state index in [1.807, 2.05) is 0 Å². The number of carbonyl (C=O) groups is 3. The molecule has 0 unspecified atom stereocenters. The first-order valence-electron chi connectivity index (χ1n) is 9.19. The van der Waals surface area contributed by atoms with Crippen LogP contribution in [0.15, 0.2) is 48.5 Å². The molecule has 29 heavy (non-hydrogen) atoms. The van der Waals surface area contributed by atoms with E-state index in [1.165, 1.54) is 24.3 Å². The minimum atomic E-state index is -0.928. The third-order valence-electron chi connectivity index (χ3n) is 5.13. The summed E-state index contributed by atoms with van der Waals surface area (Å²) >= 11 is 5.23. The molecule has 2 N–H and O–H groups in total. The molecular weight excluding hydrogens is 398 g/mol. The molecule has 7 nitrogen and oxygen atoms in total. The van der Waals surface area contributed by atoms with Crippen molar-refractivity contribution in [2.45, 2.75) is 37.5 Å². The summed E-state index contributed by atoms with van der Waals surface area (Å²) < 4.78 is 10.5. The van der Waals surface area contributed by atoms with Crippen molar-refractivity contribution in [2.24, 2.45) is 0 Å². The highest BCUT2D eigenvalue weighted by molar-refractivity contribution is 6.61. The number of amides is 1. The maximum absolute atomic E-state index is 13.2. The lowest BCUT2D eigenvalue weighted by Gasteiger charge is -2.35. The Balaban J connectivity index is 1.83. The van der Waals surface area contributed by atoms with Gasteiger partial charge in [-0.05, 0) is 54.8 Å². The molecule has 1 amide bonds. The summed E-state index contributed by atoms with van der Waals surface area (Å²) in [6.07, 6.45) is 4.12. The maximum Gasteiger partial charge on any atom is 0.409 e. The molecule has 0 aromatic heterocycles. The second-order valence-electron chi connectivity index (χ2n) is 6.86. The van der Waals surface area contributed by atoms with E-state index in [-0.39, 0.29) is 11.5 Å². The van der Waals surface area contributed by atoms with Gasteiger partial charge in [-0.25, -0.2) is 10.3 Å². The number of ether oxygens (including phenoxy) is 2. The number of nitrogens with one attached hydrogen (secondary N) is 1. The maximum atomic E-state index is 13.2. The number of hydrogen-bond acceptors (Lipinski definition) is 6. The Morgan fingerprint density at radius 3 is 1.97 bits per heavy atom. The van der Waals surface area contributed by atoms with Crippen molar-refractivity contribution in [3.63, 3.8) is 0 Å². The van der Waals surface area contributed by atoms with Crippen molar-refractivity contribution < 1.29 is 29.1 Å². The van der Waals surface area contributed by atoms with Crippen LogP contribution in [0.4, 0.5) is 4.79 Å². The number of esters is 1. The van der Waals surface area contributed by atoms with Crippen molar-refractivity contribution in [3.05, 3.63) is 59.7 Å². The van der Waals surface area contributed by atoms with Crippen LogP contribution in [-0.4, -0.2) is 22.5 Å². The highest BCUT2D eigenvalue weighted by atomic mass is 35.5. The summed E-state index contributed by atoms with van der Waals surface area (Å²) in [5, 5.41) is 8.68. The molecule has 0 bridgehead atoms. The molecule has 1 aliphatic rings. The van der Waals surface area contributed by atoms with E-state index in [0.717, 1.165) is 24.8 Å². The van der Waals surface area contributed by atoms with E-state index in [1.54, 1.807) is 29.7 Å². The molecule has 2 aromatic carbocycles. The lowest BCUT2D eigenvalue weighted by molar-refractivity contribution is -0.142. The Kier molecular flexibility index (Phi) is 6.51. The van der Waals surface area contributed by atoms with Gasteiger partial charge in [0, 0.05) is 17.2 Å². The molecule has 0 atom stereocenters. The molecular formula is C21H20ClNO6. The van der Waals surface area contributed by atoms with Crippen LogP contribution in [0.3, 0.4) is 0 Å². The van der Waals surface area contributed by atoms with Crippen molar-refractivity contribution in [3.8, 4) is 11.5 Å². The molecule has 1 aliphatic carbocycles. The minimum Gasteiger partial charge on any atom is -0.426 e. The molecule has 0 aliphatic heterocycles. The zero-order valence-corrected chi connectivity index (χ0v) is 16.3. The molecule has 0 heterocycles. The van der Waals surface area contributed by atoms with Gasteiger partial charge in [-0.2, -0.15) is 0 Å². The lowest BCUT2D eigenvalue weighted by Crippen LogP contribution is -2.41. The quantitative estimate of drug-likeness (QED) is 0.246. The predicted molar refractivity (Wildman–Crippen MR) is 104 cm³/mol. The monoisotopic (exact) mass is 417 g/mol. The van der Waals surface area contributed by atoms with E-state index in [0.29, 0.717) is 24.3 Å². The van der Waals surface area contributed by atoms with Crippen molar-refractivity contribution in [1.29, 1.82) is 0 Å². The van der Waals surface area contributed by atoms with Crippen molar-refractivity contribution in [2.75, 3.05) is 0 Å². The Labute approximate surface area is 172 Å². The fourth-order valence-electron chi connectivity index (χ4n) is 3.64. The number of halogens is 1. The first-order chi connectivity index (χ1) is 13.9. The van der Waals surface area contributed by atoms with Gasteiger partial charge in [-0.3, -0.25) is 14.8 Å². The molecule has 8 heteroatoms. The zero-order valence-electron chi connectivity index (χ0n) is 15.5. The molecule has 152 valence electrons. The normalized spacial score (nSPS) is 15.2. The summed E-state index contributed by atoms with van der Waals surface area (Å²) in [6.45, 7) is 0. The largest absolute Gasteiger partial charge is 0.426 e. The SMILES string of the molecule is O=C(Cl)Oc1ccc(C2(C(=O)Oc3ccc(C(=O)NO)cc3)CCCCC2)cc1. The molecule has 0 spiro atoms. The van der Waals surface area contributed by atoms with Crippen LogP contribution in [0.1, 0.15) is 48.0 Å². The van der Waals surface area contributed by atoms with Gasteiger partial charge in [0.1, 0.15) is 11.5 Å². The van der Waals surface area contributed by atoms with Gasteiger partial charge in [-0.15, -0.1) is 0 Å². The predicted octanol–water partition coefficient (Wildman–Crippen LogP) is 4.35. The van der Waals surface area contributed by atoms with Crippen LogP contribution in [0.2, 0.25) is 0 Å². The fraction of sp³-hybridized carbons (Fsp3) is 0.286. The van der Waals surface area contributed by atoms with Crippen LogP contribution >= 0.6 is 11.6 Å². The van der Waals surface area contributed by atoms with Crippen LogP contribution in [0.25, 0.3) is 0 Å². The number of hydrogen-bond donors (Lipinski definition) is 2. The van der Waals surface area contributed by atoms with Crippen LogP contribution in [-0.2, 0) is 10.2 Å². The van der Waals surface area contributed by atoms with Gasteiger partial charge in [0.2, 0.25) is 0 Å². The van der Waals surface area contributed by atoms with Gasteiger partial charge in [0.15, 0.2) is 0 Å². The average Bonchev–Trinajstić information content (AvgIpc) is 2.74. The van der Waals surface area contributed by atoms with Gasteiger partial charge in [-0.1, -0.05) is 31.4 Å². The van der Waals surface area contributed by atoms with E-state index in [9.17, 15) is 14.4 Å². The Hall–Kier alpha value is -2.90. The second-order valence-corrected chi connectivity index (χ2v) is 7.17. The van der Waals surface area contributed by atoms with Crippen LogP contribution in [0, 0.1) is 0 Å². The highest BCUT2D eigenvalue weighted by Gasteiger charge is 2.43. The summed E-state index contributed by atoms with van der Waals surface area (Å²) in [5.74, 6) is -0.420. The first kappa shape index (κ1) is 20.8. The highest BCUT2D eigenvalue weighted by Crippen LogP contribution is 2.41. The van der Waals surface area contributed by atoms with Gasteiger partial charge in [0.25, 0.3) is 5.91 Å². The standard InChI is InChI=1S/C21H20ClNO6/c22-20(26)29-17-10-6-15(7-11-17)21(12-2-1-3-13-21)19(25)28-16-8-4-14(5-9-16)18(24)23-27/h4-11,27H,1-3,12-13H2,(H,23,24). The smallest absolute Gasteiger partial charge is 0.409 e. The van der Waals surface area contributed by atoms with E-state index >= 15 is 0 Å². The van der Waals surface area contributed by atoms with Crippen LogP contribution < -0.4 is 15.0 Å². The summed E-state index contributed by atoms with van der Waals surface area (Å²) in [6, 6.07) is 12.6. The second kappa shape index (κ2) is 9.07. The molecule has 1 saturated carbocycles. The van der Waals surface area contributed by atoms with Gasteiger partial charge >= 0.3 is 11.4 Å². The van der Waals surface area contributed by atoms with E-state index in [2.05, 4.69) is 0 Å². The minimum absolute atomic E-state index is 0.240. The topological polar surface area (TPSA) is 102 Å². The Morgan fingerprint density at radius 2 is 1.41 bits per heavy atom. The lowest BCUT2D eigenvalue weighted by atomic mass is 9.69. The third-order valence-corrected chi connectivity index (χ3v) is 5.21. The molecule has 0 radical (unpaired) electrons. The van der Waals surface area contributed by atoms with Crippen molar-refractivity contribution in [1.82, 2.24) is 5.48 Å². The first-order valence-corrected chi connectivity index (χ1v) is 9.57. The van der Waals surface area contributed by atoms with Gasteiger partial charge in [0.05, 0.1) is 5.41 Å².